The zero-order chi connectivity index (χ0) is 39.6. The van der Waals surface area contributed by atoms with Gasteiger partial charge < -0.3 is 51.5 Å². The van der Waals surface area contributed by atoms with Crippen LogP contribution in [0.3, 0.4) is 0 Å². The first-order valence-electron chi connectivity index (χ1n) is 18.0. The number of hydrogen-bond acceptors (Lipinski definition) is 15. The fourth-order valence-corrected chi connectivity index (χ4v) is 7.04. The van der Waals surface area contributed by atoms with Crippen molar-refractivity contribution in [1.29, 1.82) is 0 Å². The number of nitrogens with one attached hydrogen (secondary N) is 3. The molecule has 3 radical (unpaired) electrons. The third-order valence-electron chi connectivity index (χ3n) is 8.76. The van der Waals surface area contributed by atoms with Crippen molar-refractivity contribution in [2.24, 2.45) is 23.3 Å². The van der Waals surface area contributed by atoms with E-state index in [2.05, 4.69) is 31.2 Å². The van der Waals surface area contributed by atoms with Crippen molar-refractivity contribution in [2.45, 2.75) is 50.7 Å². The van der Waals surface area contributed by atoms with Crippen LogP contribution in [0.1, 0.15) is 59.5 Å². The number of aldehydes is 1. The summed E-state index contributed by atoms with van der Waals surface area (Å²) in [4.78, 5) is 59.6. The molecule has 4 aromatic rings. The molecule has 20 heteroatoms. The quantitative estimate of drug-likeness (QED) is 0.0450. The van der Waals surface area contributed by atoms with Gasteiger partial charge in [0.2, 0.25) is 11.8 Å². The minimum atomic E-state index is -0.664. The van der Waals surface area contributed by atoms with Gasteiger partial charge in [-0.05, 0) is 55.1 Å². The summed E-state index contributed by atoms with van der Waals surface area (Å²) in [5.41, 5.74) is 10.8. The minimum Gasteiger partial charge on any atom is -0.391 e. The number of thiophene rings is 2. The number of β-amino-alcohol motifs (C(OH)–C–C–N with tert-alkyl or cyclic N) is 2. The van der Waals surface area contributed by atoms with Gasteiger partial charge in [0.1, 0.15) is 6.29 Å². The lowest BCUT2D eigenvalue weighted by atomic mass is 10.1. The Labute approximate surface area is 334 Å². The molecule has 4 aromatic heterocycles. The summed E-state index contributed by atoms with van der Waals surface area (Å²) in [5.74, 6) is -1.02. The Kier molecular flexibility index (Phi) is 19.6. The third-order valence-corrected chi connectivity index (χ3v) is 10.5. The number of primary amides is 2. The molecule has 6 heterocycles. The fraction of sp³-hybridized carbons (Fsp3) is 0.472. The van der Waals surface area contributed by atoms with Crippen molar-refractivity contribution in [3.8, 4) is 21.3 Å². The molecule has 4 atom stereocenters. The third kappa shape index (κ3) is 14.4. The summed E-state index contributed by atoms with van der Waals surface area (Å²) in [6.07, 6.45) is 4.44. The molecule has 4 amide bonds. The topological polar surface area (TPSA) is 269 Å². The maximum atomic E-state index is 12.1. The lowest BCUT2D eigenvalue weighted by Crippen LogP contribution is -2.32. The Hall–Kier alpha value is -4.73. The Bertz CT molecular complexity index is 1790. The van der Waals surface area contributed by atoms with Crippen molar-refractivity contribution >= 4 is 61.0 Å². The van der Waals surface area contributed by atoms with Gasteiger partial charge in [0, 0.05) is 66.2 Å². The predicted octanol–water partition coefficient (Wildman–Crippen LogP) is 1.25. The van der Waals surface area contributed by atoms with E-state index in [4.69, 9.17) is 25.6 Å². The van der Waals surface area contributed by atoms with Crippen molar-refractivity contribution in [2.75, 3.05) is 45.8 Å². The molecule has 2 saturated heterocycles. The number of carbonyl (C=O) groups is 5. The highest BCUT2D eigenvalue weighted by atomic mass is 32.1. The summed E-state index contributed by atoms with van der Waals surface area (Å²) in [6.45, 7) is 3.90. The number of aliphatic hydroxyl groups excluding tert-OH is 2. The standard InChI is InChI=1S/C18H24N4O4S.C13H14N2O3S.C5H10N2O2.B/c19-17(24)12-10-22(11-14(12)23)7-3-1-2-6-20-18(25)13-9-15(26-21-13)16-5-4-8-27-16;16-7-3-1-2-6-14-13(17)10-9-11(18-15-10)12-5-4-8-19-12;6-5(9)3-1-7-2-4(3)8;/h4-5,8-9,12,14,23H,1-3,6-7,10-11H2,(H2,19,24)(H,20,25);4-5,7-9H,1-3,6H2,(H,14,17);3-4,7-8H,1-2H2,(H2,6,9);. The molecule has 56 heavy (non-hydrogen) atoms. The van der Waals surface area contributed by atoms with Crippen LogP contribution in [-0.4, -0.2) is 122 Å². The van der Waals surface area contributed by atoms with Gasteiger partial charge in [-0.2, -0.15) is 0 Å². The minimum absolute atomic E-state index is 0. The Morgan fingerprint density at radius 2 is 1.36 bits per heavy atom. The molecular formula is C36H48BN8O9S2. The van der Waals surface area contributed by atoms with E-state index in [1.165, 1.54) is 22.7 Å². The van der Waals surface area contributed by atoms with Crippen LogP contribution in [0.15, 0.2) is 56.2 Å². The maximum Gasteiger partial charge on any atom is 0.273 e. The number of carbonyl (C=O) groups excluding carboxylic acids is 5. The molecule has 17 nitrogen and oxygen atoms in total. The van der Waals surface area contributed by atoms with E-state index in [-0.39, 0.29) is 37.5 Å². The monoisotopic (exact) mass is 811 g/mol. The van der Waals surface area contributed by atoms with Crippen LogP contribution >= 0.6 is 22.7 Å². The molecular weight excluding hydrogens is 763 g/mol. The number of hydrogen-bond donors (Lipinski definition) is 7. The van der Waals surface area contributed by atoms with Crippen LogP contribution in [0.25, 0.3) is 21.3 Å². The first-order valence-corrected chi connectivity index (χ1v) is 19.7. The molecule has 6 rings (SSSR count). The van der Waals surface area contributed by atoms with Crippen LogP contribution in [-0.2, 0) is 14.4 Å². The fourth-order valence-electron chi connectivity index (χ4n) is 5.69. The van der Waals surface area contributed by atoms with E-state index < -0.39 is 29.9 Å². The van der Waals surface area contributed by atoms with Crippen LogP contribution < -0.4 is 27.4 Å². The molecule has 9 N–H and O–H groups in total. The van der Waals surface area contributed by atoms with Gasteiger partial charge in [0.25, 0.3) is 11.8 Å². The normalized spacial score (nSPS) is 18.8. The van der Waals surface area contributed by atoms with E-state index in [0.717, 1.165) is 54.7 Å². The van der Waals surface area contributed by atoms with Gasteiger partial charge in [-0.3, -0.25) is 24.1 Å². The maximum absolute atomic E-state index is 12.1. The second-order valence-corrected chi connectivity index (χ2v) is 14.8. The van der Waals surface area contributed by atoms with E-state index in [1.807, 2.05) is 35.0 Å². The number of aliphatic hydroxyl groups is 2. The summed E-state index contributed by atoms with van der Waals surface area (Å²) >= 11 is 3.06. The van der Waals surface area contributed by atoms with Crippen molar-refractivity contribution in [3.05, 3.63) is 58.5 Å². The van der Waals surface area contributed by atoms with Gasteiger partial charge in [-0.15, -0.1) is 22.7 Å². The van der Waals surface area contributed by atoms with E-state index in [9.17, 15) is 29.1 Å². The van der Waals surface area contributed by atoms with Crippen molar-refractivity contribution < 1.29 is 43.2 Å². The molecule has 0 saturated carbocycles. The van der Waals surface area contributed by atoms with Gasteiger partial charge >= 0.3 is 0 Å². The largest absolute Gasteiger partial charge is 0.391 e. The van der Waals surface area contributed by atoms with E-state index >= 15 is 0 Å². The average molecular weight is 812 g/mol. The highest BCUT2D eigenvalue weighted by Crippen LogP contribution is 2.26. The zero-order valence-corrected chi connectivity index (χ0v) is 32.5. The summed E-state index contributed by atoms with van der Waals surface area (Å²) < 4.78 is 10.3. The van der Waals surface area contributed by atoms with Gasteiger partial charge in [0.05, 0.1) is 33.8 Å². The van der Waals surface area contributed by atoms with Crippen LogP contribution in [0.4, 0.5) is 0 Å². The zero-order valence-electron chi connectivity index (χ0n) is 30.8. The summed E-state index contributed by atoms with van der Waals surface area (Å²) in [6, 6.07) is 10.9. The second-order valence-electron chi connectivity index (χ2n) is 12.9. The lowest BCUT2D eigenvalue weighted by Gasteiger charge is -2.14. The van der Waals surface area contributed by atoms with Crippen LogP contribution in [0.5, 0.6) is 0 Å². The molecule has 0 aliphatic carbocycles. The first kappa shape index (κ1) is 45.7. The average Bonchev–Trinajstić information content (AvgIpc) is 4.02. The number of nitrogens with two attached hydrogens (primary N) is 2. The number of rotatable bonds is 17. The smallest absolute Gasteiger partial charge is 0.273 e. The van der Waals surface area contributed by atoms with Crippen molar-refractivity contribution in [1.82, 2.24) is 31.2 Å². The summed E-state index contributed by atoms with van der Waals surface area (Å²) in [5, 5.41) is 38.7. The first-order chi connectivity index (χ1) is 26.6. The van der Waals surface area contributed by atoms with Crippen LogP contribution in [0, 0.1) is 11.8 Å². The van der Waals surface area contributed by atoms with Gasteiger partial charge in [0.15, 0.2) is 22.9 Å². The molecule has 0 bridgehead atoms. The highest BCUT2D eigenvalue weighted by Gasteiger charge is 2.34. The number of aromatic nitrogens is 2. The van der Waals surface area contributed by atoms with E-state index in [1.54, 1.807) is 12.1 Å². The van der Waals surface area contributed by atoms with Gasteiger partial charge in [-0.25, -0.2) is 0 Å². The van der Waals surface area contributed by atoms with E-state index in [0.29, 0.717) is 57.2 Å². The molecule has 0 aromatic carbocycles. The SMILES string of the molecule is NC(=O)C1CN(CCCCCNC(=O)c2cc(-c3cccs3)on2)CC1O.NC(=O)C1CNCC1O.O=CCCCCNC(=O)c1cc(-c2cccs2)on1.[B]. The lowest BCUT2D eigenvalue weighted by molar-refractivity contribution is -0.124. The Morgan fingerprint density at radius 1 is 0.804 bits per heavy atom. The molecule has 2 aliphatic rings. The molecule has 301 valence electrons. The number of nitrogens with zero attached hydrogens (tertiary/aromatic N) is 3. The number of amides is 4. The molecule has 4 unspecified atom stereocenters. The van der Waals surface area contributed by atoms with Crippen molar-refractivity contribution in [3.63, 3.8) is 0 Å². The summed E-state index contributed by atoms with van der Waals surface area (Å²) in [7, 11) is 0. The predicted molar refractivity (Wildman–Crippen MR) is 211 cm³/mol. The van der Waals surface area contributed by atoms with Gasteiger partial charge in [-0.1, -0.05) is 28.9 Å². The Balaban J connectivity index is 0.000000251. The Morgan fingerprint density at radius 3 is 1.79 bits per heavy atom. The second kappa shape index (κ2) is 24.0. The molecule has 0 spiro atoms. The highest BCUT2D eigenvalue weighted by molar-refractivity contribution is 7.13. The number of unbranched alkanes of at least 4 members (excludes halogenated alkanes) is 4. The van der Waals surface area contributed by atoms with Crippen LogP contribution in [0.2, 0.25) is 0 Å². The molecule has 2 fully saturated rings. The molecule has 2 aliphatic heterocycles. The number of likely N-dealkylation sites (tertiary alicyclic amines) is 1.